The summed E-state index contributed by atoms with van der Waals surface area (Å²) < 4.78 is 13.6. The minimum absolute atomic E-state index is 0.00565. The molecule has 4 heteroatoms. The maximum atomic E-state index is 13.6. The van der Waals surface area contributed by atoms with Gasteiger partial charge >= 0.3 is 5.97 Å². The number of phenolic OH excluding ortho intramolecular Hbond substituents is 1. The van der Waals surface area contributed by atoms with Crippen LogP contribution in [0.15, 0.2) is 18.2 Å². The number of phenols is 1. The quantitative estimate of drug-likeness (QED) is 0.809. The molecule has 0 bridgehead atoms. The van der Waals surface area contributed by atoms with E-state index in [1.54, 1.807) is 6.07 Å². The number of alkyl halides is 1. The first kappa shape index (κ1) is 10.9. The summed E-state index contributed by atoms with van der Waals surface area (Å²) in [5.74, 6) is -2.17. The second-order valence-corrected chi connectivity index (χ2v) is 4.09. The summed E-state index contributed by atoms with van der Waals surface area (Å²) in [5.41, 5.74) is 1.34. The van der Waals surface area contributed by atoms with Crippen molar-refractivity contribution in [3.63, 3.8) is 0 Å². The van der Waals surface area contributed by atoms with Crippen LogP contribution in [0.2, 0.25) is 0 Å². The van der Waals surface area contributed by atoms with Crippen molar-refractivity contribution >= 4 is 5.97 Å². The Labute approximate surface area is 92.5 Å². The number of hydrogen-bond donors (Lipinski definition) is 2. The third-order valence-corrected chi connectivity index (χ3v) is 3.09. The van der Waals surface area contributed by atoms with Gasteiger partial charge < -0.3 is 10.2 Å². The summed E-state index contributed by atoms with van der Waals surface area (Å²) in [7, 11) is 0. The van der Waals surface area contributed by atoms with Gasteiger partial charge in [0.05, 0.1) is 0 Å². The first-order valence-electron chi connectivity index (χ1n) is 5.29. The maximum Gasteiger partial charge on any atom is 0.338 e. The van der Waals surface area contributed by atoms with Crippen LogP contribution in [-0.2, 0) is 11.2 Å². The van der Waals surface area contributed by atoms with Gasteiger partial charge in [0, 0.05) is 11.5 Å². The van der Waals surface area contributed by atoms with E-state index in [4.69, 9.17) is 5.11 Å². The number of aliphatic carboxylic acids is 1. The maximum absolute atomic E-state index is 13.6. The van der Waals surface area contributed by atoms with Crippen molar-refractivity contribution < 1.29 is 19.4 Å². The number of aromatic hydroxyl groups is 1. The molecular formula is C12H13FO3. The number of carboxylic acid groups (broad SMARTS) is 1. The molecule has 0 fully saturated rings. The van der Waals surface area contributed by atoms with Gasteiger partial charge in [0.1, 0.15) is 5.75 Å². The molecule has 0 amide bonds. The second kappa shape index (κ2) is 4.12. The normalized spacial score (nSPS) is 21.2. The van der Waals surface area contributed by atoms with E-state index in [0.29, 0.717) is 12.0 Å². The van der Waals surface area contributed by atoms with E-state index in [0.717, 1.165) is 18.4 Å². The molecule has 16 heavy (non-hydrogen) atoms. The van der Waals surface area contributed by atoms with E-state index in [1.807, 2.05) is 6.07 Å². The highest BCUT2D eigenvalue weighted by Crippen LogP contribution is 2.40. The van der Waals surface area contributed by atoms with Gasteiger partial charge in [-0.15, -0.1) is 0 Å². The number of carboxylic acids is 1. The summed E-state index contributed by atoms with van der Waals surface area (Å²) >= 11 is 0. The van der Waals surface area contributed by atoms with Gasteiger partial charge in [0.2, 0.25) is 6.17 Å². The number of carbonyl (C=O) groups is 1. The molecule has 86 valence electrons. The van der Waals surface area contributed by atoms with Crippen molar-refractivity contribution in [3.8, 4) is 5.75 Å². The molecule has 0 heterocycles. The second-order valence-electron chi connectivity index (χ2n) is 4.09. The predicted molar refractivity (Wildman–Crippen MR) is 56.3 cm³/mol. The third kappa shape index (κ3) is 1.75. The van der Waals surface area contributed by atoms with Crippen LogP contribution in [0, 0.1) is 0 Å². The van der Waals surface area contributed by atoms with Crippen LogP contribution >= 0.6 is 0 Å². The summed E-state index contributed by atoms with van der Waals surface area (Å²) in [5, 5.41) is 18.4. The van der Waals surface area contributed by atoms with Crippen molar-refractivity contribution in [1.29, 1.82) is 0 Å². The van der Waals surface area contributed by atoms with Crippen molar-refractivity contribution in [3.05, 3.63) is 29.3 Å². The van der Waals surface area contributed by atoms with Crippen molar-refractivity contribution in [2.45, 2.75) is 31.4 Å². The Morgan fingerprint density at radius 2 is 2.25 bits per heavy atom. The standard InChI is InChI=1S/C12H13FO3/c13-11(12(15)16)8-5-1-3-7-4-2-6-9(14)10(7)8/h2,4,6,8,11,14H,1,3,5H2,(H,15,16). The third-order valence-electron chi connectivity index (χ3n) is 3.09. The monoisotopic (exact) mass is 224 g/mol. The highest BCUT2D eigenvalue weighted by molar-refractivity contribution is 5.74. The fourth-order valence-corrected chi connectivity index (χ4v) is 2.37. The number of rotatable bonds is 2. The zero-order valence-electron chi connectivity index (χ0n) is 8.69. The van der Waals surface area contributed by atoms with Crippen molar-refractivity contribution in [2.24, 2.45) is 0 Å². The van der Waals surface area contributed by atoms with E-state index >= 15 is 0 Å². The molecule has 1 aromatic carbocycles. The minimum atomic E-state index is -1.94. The van der Waals surface area contributed by atoms with E-state index in [9.17, 15) is 14.3 Å². The fraction of sp³-hybridized carbons (Fsp3) is 0.417. The molecule has 3 nitrogen and oxygen atoms in total. The Morgan fingerprint density at radius 1 is 1.50 bits per heavy atom. The average Bonchev–Trinajstić information content (AvgIpc) is 2.27. The van der Waals surface area contributed by atoms with Crippen molar-refractivity contribution in [2.75, 3.05) is 0 Å². The highest BCUT2D eigenvalue weighted by atomic mass is 19.1. The molecule has 0 saturated carbocycles. The number of benzene rings is 1. The Hall–Kier alpha value is -1.58. The lowest BCUT2D eigenvalue weighted by Gasteiger charge is -2.26. The molecule has 1 aliphatic carbocycles. The lowest BCUT2D eigenvalue weighted by molar-refractivity contribution is -0.143. The number of fused-ring (bicyclic) bond motifs is 1. The van der Waals surface area contributed by atoms with Crippen LogP contribution < -0.4 is 0 Å². The summed E-state index contributed by atoms with van der Waals surface area (Å²) in [6.07, 6.45) is 0.0618. The van der Waals surface area contributed by atoms with Gasteiger partial charge in [-0.1, -0.05) is 12.1 Å². The lowest BCUT2D eigenvalue weighted by atomic mass is 9.79. The Morgan fingerprint density at radius 3 is 2.94 bits per heavy atom. The summed E-state index contributed by atoms with van der Waals surface area (Å²) in [4.78, 5) is 10.7. The van der Waals surface area contributed by atoms with Gasteiger partial charge in [-0.3, -0.25) is 0 Å². The molecule has 0 saturated heterocycles. The largest absolute Gasteiger partial charge is 0.508 e. The van der Waals surface area contributed by atoms with Crippen LogP contribution in [0.25, 0.3) is 0 Å². The van der Waals surface area contributed by atoms with E-state index in [1.165, 1.54) is 6.07 Å². The van der Waals surface area contributed by atoms with E-state index in [2.05, 4.69) is 0 Å². The molecule has 1 aliphatic rings. The van der Waals surface area contributed by atoms with Crippen LogP contribution in [0.5, 0.6) is 5.75 Å². The Bertz CT molecular complexity index is 417. The van der Waals surface area contributed by atoms with Gasteiger partial charge in [-0.25, -0.2) is 9.18 Å². The Kier molecular flexibility index (Phi) is 2.81. The average molecular weight is 224 g/mol. The highest BCUT2D eigenvalue weighted by Gasteiger charge is 2.34. The van der Waals surface area contributed by atoms with Crippen LogP contribution in [0.3, 0.4) is 0 Å². The molecule has 0 aliphatic heterocycles. The molecule has 2 unspecified atom stereocenters. The Balaban J connectivity index is 2.43. The number of aryl methyl sites for hydroxylation is 1. The van der Waals surface area contributed by atoms with Gasteiger partial charge in [-0.2, -0.15) is 0 Å². The zero-order valence-corrected chi connectivity index (χ0v) is 8.69. The molecule has 2 rings (SSSR count). The first-order chi connectivity index (χ1) is 7.61. The SMILES string of the molecule is O=C(O)C(F)C1CCCc2cccc(O)c21. The molecule has 2 atom stereocenters. The van der Waals surface area contributed by atoms with Crippen LogP contribution in [0.4, 0.5) is 4.39 Å². The van der Waals surface area contributed by atoms with E-state index < -0.39 is 18.1 Å². The molecule has 2 N–H and O–H groups in total. The first-order valence-corrected chi connectivity index (χ1v) is 5.29. The van der Waals surface area contributed by atoms with Crippen molar-refractivity contribution in [1.82, 2.24) is 0 Å². The lowest BCUT2D eigenvalue weighted by Crippen LogP contribution is -2.26. The molecule has 0 aromatic heterocycles. The molecular weight excluding hydrogens is 211 g/mol. The fourth-order valence-electron chi connectivity index (χ4n) is 2.37. The summed E-state index contributed by atoms with van der Waals surface area (Å²) in [6.45, 7) is 0. The zero-order chi connectivity index (χ0) is 11.7. The topological polar surface area (TPSA) is 57.5 Å². The van der Waals surface area contributed by atoms with Gasteiger partial charge in [0.25, 0.3) is 0 Å². The smallest absolute Gasteiger partial charge is 0.338 e. The van der Waals surface area contributed by atoms with Crippen LogP contribution in [-0.4, -0.2) is 22.4 Å². The molecule has 1 aromatic rings. The number of hydrogen-bond acceptors (Lipinski definition) is 2. The van der Waals surface area contributed by atoms with Gasteiger partial charge in [0.15, 0.2) is 0 Å². The van der Waals surface area contributed by atoms with Crippen LogP contribution in [0.1, 0.15) is 29.9 Å². The summed E-state index contributed by atoms with van der Waals surface area (Å²) in [6, 6.07) is 4.99. The number of halogens is 1. The van der Waals surface area contributed by atoms with Gasteiger partial charge in [-0.05, 0) is 30.9 Å². The predicted octanol–water partition coefficient (Wildman–Crippen LogP) is 2.23. The molecule has 0 radical (unpaired) electrons. The molecule has 0 spiro atoms. The van der Waals surface area contributed by atoms with E-state index in [-0.39, 0.29) is 5.75 Å². The minimum Gasteiger partial charge on any atom is -0.508 e.